The maximum Gasteiger partial charge on any atom is 0.344 e. The van der Waals surface area contributed by atoms with Crippen LogP contribution in [0, 0.1) is 0 Å². The zero-order chi connectivity index (χ0) is 22.4. The van der Waals surface area contributed by atoms with Gasteiger partial charge in [0, 0.05) is 0 Å². The molecule has 2 aromatic carbocycles. The average molecular weight is 442 g/mol. The summed E-state index contributed by atoms with van der Waals surface area (Å²) in [5, 5.41) is 12.4. The molecule has 2 N–H and O–H groups in total. The number of amidine groups is 1. The Hall–Kier alpha value is -3.46. The van der Waals surface area contributed by atoms with Crippen molar-refractivity contribution in [1.29, 1.82) is 0 Å². The first-order chi connectivity index (χ1) is 14.9. The molecule has 9 heteroatoms. The Morgan fingerprint density at radius 3 is 2.58 bits per heavy atom. The first-order valence-corrected chi connectivity index (χ1v) is 10.3. The number of nitrogens with zero attached hydrogens (tertiary/aromatic N) is 1. The molecule has 3 rings (SSSR count). The molecule has 1 aliphatic rings. The second-order valence-electron chi connectivity index (χ2n) is 6.42. The molecule has 1 amide bonds. The van der Waals surface area contributed by atoms with Gasteiger partial charge in [0.25, 0.3) is 5.91 Å². The number of para-hydroxylation sites is 2. The van der Waals surface area contributed by atoms with Crippen LogP contribution in [0.4, 0.5) is 5.69 Å². The second kappa shape index (κ2) is 10.0. The number of thioether (sulfide) groups is 1. The highest BCUT2D eigenvalue weighted by Crippen LogP contribution is 2.34. The molecular weight excluding hydrogens is 420 g/mol. The van der Waals surface area contributed by atoms with E-state index in [0.717, 1.165) is 0 Å². The summed E-state index contributed by atoms with van der Waals surface area (Å²) in [6, 6.07) is 12.3. The monoisotopic (exact) mass is 442 g/mol. The number of hydrogen-bond donors (Lipinski definition) is 2. The molecule has 0 radical (unpaired) electrons. The lowest BCUT2D eigenvalue weighted by atomic mass is 10.1. The summed E-state index contributed by atoms with van der Waals surface area (Å²) in [4.78, 5) is 28.5. The van der Waals surface area contributed by atoms with Crippen molar-refractivity contribution in [3.8, 4) is 17.2 Å². The number of carbonyl (C=O) groups is 2. The predicted molar refractivity (Wildman–Crippen MR) is 119 cm³/mol. The third kappa shape index (κ3) is 5.37. The molecular formula is C22H22N2O6S. The molecule has 0 spiro atoms. The van der Waals surface area contributed by atoms with Crippen molar-refractivity contribution >= 4 is 40.6 Å². The molecule has 1 atom stereocenters. The van der Waals surface area contributed by atoms with Crippen LogP contribution in [0.1, 0.15) is 18.9 Å². The number of amides is 1. The van der Waals surface area contributed by atoms with Gasteiger partial charge in [-0.1, -0.05) is 25.1 Å². The maximum absolute atomic E-state index is 12.4. The van der Waals surface area contributed by atoms with E-state index in [1.165, 1.54) is 18.9 Å². The minimum atomic E-state index is -1.04. The largest absolute Gasteiger partial charge is 0.494 e. The molecule has 1 heterocycles. The lowest BCUT2D eigenvalue weighted by Crippen LogP contribution is -2.26. The highest BCUT2D eigenvalue weighted by Gasteiger charge is 2.25. The van der Waals surface area contributed by atoms with Gasteiger partial charge in [0.2, 0.25) is 0 Å². The van der Waals surface area contributed by atoms with Gasteiger partial charge in [-0.3, -0.25) is 4.79 Å². The molecule has 1 fully saturated rings. The Labute approximate surface area is 183 Å². The van der Waals surface area contributed by atoms with Gasteiger partial charge in [-0.05, 0) is 54.1 Å². The van der Waals surface area contributed by atoms with Gasteiger partial charge in [0.05, 0.1) is 19.1 Å². The van der Waals surface area contributed by atoms with Crippen LogP contribution in [-0.2, 0) is 9.59 Å². The number of methoxy groups -OCH3 is 2. The molecule has 1 aliphatic heterocycles. The summed E-state index contributed by atoms with van der Waals surface area (Å²) in [6.45, 7) is 1.73. The predicted octanol–water partition coefficient (Wildman–Crippen LogP) is 3.84. The normalized spacial score (nSPS) is 16.8. The summed E-state index contributed by atoms with van der Waals surface area (Å²) in [7, 11) is 3.03. The molecule has 0 bridgehead atoms. The van der Waals surface area contributed by atoms with Gasteiger partial charge >= 0.3 is 5.97 Å². The summed E-state index contributed by atoms with van der Waals surface area (Å²) in [5.74, 6) is -0.0120. The number of benzene rings is 2. The van der Waals surface area contributed by atoms with Gasteiger partial charge < -0.3 is 24.6 Å². The highest BCUT2D eigenvalue weighted by molar-refractivity contribution is 8.18. The maximum atomic E-state index is 12.4. The average Bonchev–Trinajstić information content (AvgIpc) is 3.11. The molecule has 2 aromatic rings. The van der Waals surface area contributed by atoms with Crippen molar-refractivity contribution in [3.63, 3.8) is 0 Å². The lowest BCUT2D eigenvalue weighted by molar-refractivity contribution is -0.145. The first-order valence-electron chi connectivity index (χ1n) is 9.45. The van der Waals surface area contributed by atoms with Gasteiger partial charge in [0.15, 0.2) is 22.8 Å². The molecule has 31 heavy (non-hydrogen) atoms. The SMILES string of the molecule is CCC(Oc1ccc(/C=C2/SC(=Nc3ccccc3OC)NC2=O)cc1OC)C(=O)O. The molecule has 1 unspecified atom stereocenters. The molecule has 162 valence electrons. The number of ether oxygens (including phenoxy) is 3. The van der Waals surface area contributed by atoms with Crippen molar-refractivity contribution < 1.29 is 28.9 Å². The van der Waals surface area contributed by atoms with Crippen LogP contribution in [0.25, 0.3) is 6.08 Å². The van der Waals surface area contributed by atoms with Gasteiger partial charge in [-0.2, -0.15) is 0 Å². The van der Waals surface area contributed by atoms with Gasteiger partial charge in [-0.15, -0.1) is 0 Å². The first kappa shape index (κ1) is 22.2. The summed E-state index contributed by atoms with van der Waals surface area (Å²) >= 11 is 1.21. The fourth-order valence-corrected chi connectivity index (χ4v) is 3.63. The second-order valence-corrected chi connectivity index (χ2v) is 7.45. The van der Waals surface area contributed by atoms with Crippen LogP contribution < -0.4 is 19.5 Å². The van der Waals surface area contributed by atoms with E-state index in [4.69, 9.17) is 14.2 Å². The Bertz CT molecular complexity index is 1050. The van der Waals surface area contributed by atoms with Crippen LogP contribution in [0.15, 0.2) is 52.4 Å². The minimum Gasteiger partial charge on any atom is -0.494 e. The quantitative estimate of drug-likeness (QED) is 0.598. The number of carbonyl (C=O) groups excluding carboxylic acids is 1. The number of aliphatic imine (C=N–C) groups is 1. The topological polar surface area (TPSA) is 106 Å². The summed E-state index contributed by atoms with van der Waals surface area (Å²) < 4.78 is 16.2. The van der Waals surface area contributed by atoms with Crippen LogP contribution in [-0.4, -0.2) is 42.5 Å². The smallest absolute Gasteiger partial charge is 0.344 e. The van der Waals surface area contributed by atoms with Crippen molar-refractivity contribution in [3.05, 3.63) is 52.9 Å². The number of hydrogen-bond acceptors (Lipinski definition) is 7. The van der Waals surface area contributed by atoms with Gasteiger partial charge in [-0.25, -0.2) is 9.79 Å². The third-order valence-corrected chi connectivity index (χ3v) is 5.27. The molecule has 0 aliphatic carbocycles. The van der Waals surface area contributed by atoms with Gasteiger partial charge in [0.1, 0.15) is 11.4 Å². The van der Waals surface area contributed by atoms with E-state index in [0.29, 0.717) is 45.0 Å². The van der Waals surface area contributed by atoms with Crippen LogP contribution in [0.3, 0.4) is 0 Å². The third-order valence-electron chi connectivity index (χ3n) is 4.36. The van der Waals surface area contributed by atoms with Crippen LogP contribution >= 0.6 is 11.8 Å². The van der Waals surface area contributed by atoms with E-state index >= 15 is 0 Å². The van der Waals surface area contributed by atoms with Crippen LogP contribution in [0.5, 0.6) is 17.2 Å². The lowest BCUT2D eigenvalue weighted by Gasteiger charge is -2.16. The number of aliphatic carboxylic acids is 1. The van der Waals surface area contributed by atoms with Crippen molar-refractivity contribution in [2.75, 3.05) is 14.2 Å². The Balaban J connectivity index is 1.82. The molecule has 8 nitrogen and oxygen atoms in total. The van der Waals surface area contributed by atoms with E-state index in [1.54, 1.807) is 50.4 Å². The summed E-state index contributed by atoms with van der Waals surface area (Å²) in [6.07, 6.45) is 1.05. The highest BCUT2D eigenvalue weighted by atomic mass is 32.2. The minimum absolute atomic E-state index is 0.269. The van der Waals surface area contributed by atoms with E-state index in [9.17, 15) is 14.7 Å². The fraction of sp³-hybridized carbons (Fsp3) is 0.227. The Morgan fingerprint density at radius 1 is 1.16 bits per heavy atom. The molecule has 0 aromatic heterocycles. The van der Waals surface area contributed by atoms with Crippen molar-refractivity contribution in [2.45, 2.75) is 19.4 Å². The number of nitrogens with one attached hydrogen (secondary N) is 1. The van der Waals surface area contributed by atoms with E-state index in [1.807, 2.05) is 12.1 Å². The number of carboxylic acid groups (broad SMARTS) is 1. The number of rotatable bonds is 8. The summed E-state index contributed by atoms with van der Waals surface area (Å²) in [5.41, 5.74) is 1.31. The number of carboxylic acids is 1. The van der Waals surface area contributed by atoms with Crippen molar-refractivity contribution in [1.82, 2.24) is 5.32 Å². The standard InChI is InChI=1S/C22H22N2O6S/c1-4-15(21(26)27)30-17-10-9-13(11-18(17)29-3)12-19-20(25)24-22(31-19)23-14-7-5-6-8-16(14)28-2/h5-12,15H,4H2,1-3H3,(H,26,27)(H,23,24,25)/b19-12+. The Kier molecular flexibility index (Phi) is 7.19. The van der Waals surface area contributed by atoms with E-state index in [2.05, 4.69) is 10.3 Å². The Morgan fingerprint density at radius 2 is 1.90 bits per heavy atom. The zero-order valence-corrected chi connectivity index (χ0v) is 18.1. The zero-order valence-electron chi connectivity index (χ0n) is 17.2. The van der Waals surface area contributed by atoms with Crippen molar-refractivity contribution in [2.24, 2.45) is 4.99 Å². The van der Waals surface area contributed by atoms with Crippen LogP contribution in [0.2, 0.25) is 0 Å². The molecule has 0 saturated carbocycles. The fourth-order valence-electron chi connectivity index (χ4n) is 2.80. The van der Waals surface area contributed by atoms with E-state index < -0.39 is 12.1 Å². The molecule has 1 saturated heterocycles. The van der Waals surface area contributed by atoms with E-state index in [-0.39, 0.29) is 5.91 Å².